The minimum atomic E-state index is 0.501. The molecule has 68 valence electrons. The monoisotopic (exact) mass is 168 g/mol. The highest BCUT2D eigenvalue weighted by Crippen LogP contribution is 2.23. The summed E-state index contributed by atoms with van der Waals surface area (Å²) in [5.41, 5.74) is 0. The molecule has 0 aromatic heterocycles. The molecule has 0 amide bonds. The van der Waals surface area contributed by atoms with Gasteiger partial charge in [0.1, 0.15) is 0 Å². The number of fused-ring (bicyclic) bond motifs is 1. The van der Waals surface area contributed by atoms with Crippen LogP contribution in [0.5, 0.6) is 0 Å². The van der Waals surface area contributed by atoms with Crippen LogP contribution in [0, 0.1) is 5.92 Å². The lowest BCUT2D eigenvalue weighted by Crippen LogP contribution is -2.28. The zero-order valence-electron chi connectivity index (χ0n) is 7.73. The summed E-state index contributed by atoms with van der Waals surface area (Å²) < 4.78 is 5.19. The fourth-order valence-electron chi connectivity index (χ4n) is 1.93. The van der Waals surface area contributed by atoms with Crippen molar-refractivity contribution < 1.29 is 4.74 Å². The van der Waals surface area contributed by atoms with Crippen molar-refractivity contribution in [2.45, 2.75) is 25.9 Å². The molecule has 3 heteroatoms. The van der Waals surface area contributed by atoms with Gasteiger partial charge in [-0.2, -0.15) is 0 Å². The molecule has 2 atom stereocenters. The summed E-state index contributed by atoms with van der Waals surface area (Å²) in [4.78, 5) is 6.81. The molecule has 1 saturated heterocycles. The third-order valence-corrected chi connectivity index (χ3v) is 2.80. The van der Waals surface area contributed by atoms with Crippen LogP contribution < -0.4 is 0 Å². The Morgan fingerprint density at radius 1 is 1.50 bits per heavy atom. The van der Waals surface area contributed by atoms with Gasteiger partial charge >= 0.3 is 0 Å². The number of aliphatic imine (C=N–C) groups is 1. The first-order valence-corrected chi connectivity index (χ1v) is 4.64. The maximum Gasteiger partial charge on any atom is 0.169 e. The molecule has 0 aromatic carbocycles. The molecule has 3 nitrogen and oxygen atoms in total. The topological polar surface area (TPSA) is 24.8 Å². The van der Waals surface area contributed by atoms with Gasteiger partial charge < -0.3 is 4.74 Å². The number of nitrogens with zero attached hydrogens (tertiary/aromatic N) is 2. The molecule has 2 aliphatic rings. The summed E-state index contributed by atoms with van der Waals surface area (Å²) >= 11 is 0. The molecule has 2 aliphatic heterocycles. The third-order valence-electron chi connectivity index (χ3n) is 2.80. The van der Waals surface area contributed by atoms with Gasteiger partial charge in [0, 0.05) is 25.0 Å². The Morgan fingerprint density at radius 3 is 3.00 bits per heavy atom. The summed E-state index contributed by atoms with van der Waals surface area (Å²) in [5, 5.41) is 0. The van der Waals surface area contributed by atoms with Crippen molar-refractivity contribution in [3.63, 3.8) is 0 Å². The second kappa shape index (κ2) is 3.05. The zero-order chi connectivity index (χ0) is 8.55. The van der Waals surface area contributed by atoms with Gasteiger partial charge in [0.15, 0.2) is 6.40 Å². The molecule has 0 saturated carbocycles. The van der Waals surface area contributed by atoms with Gasteiger partial charge in [0.05, 0.1) is 12.6 Å². The van der Waals surface area contributed by atoms with Gasteiger partial charge in [-0.05, 0) is 13.8 Å². The van der Waals surface area contributed by atoms with Crippen LogP contribution in [0.25, 0.3) is 0 Å². The lowest BCUT2D eigenvalue weighted by molar-refractivity contribution is 0.209. The van der Waals surface area contributed by atoms with Gasteiger partial charge in [-0.1, -0.05) is 0 Å². The molecule has 12 heavy (non-hydrogen) atoms. The molecule has 1 fully saturated rings. The van der Waals surface area contributed by atoms with Crippen LogP contribution in [0.1, 0.15) is 13.8 Å². The van der Waals surface area contributed by atoms with Crippen LogP contribution in [0.4, 0.5) is 0 Å². The lowest BCUT2D eigenvalue weighted by Gasteiger charge is -2.19. The van der Waals surface area contributed by atoms with E-state index in [1.165, 1.54) is 0 Å². The molecule has 2 unspecified atom stereocenters. The normalized spacial score (nSPS) is 35.2. The summed E-state index contributed by atoms with van der Waals surface area (Å²) in [5.74, 6) is 0.636. The number of rotatable bonds is 1. The first kappa shape index (κ1) is 8.05. The first-order chi connectivity index (χ1) is 5.77. The van der Waals surface area contributed by atoms with Crippen molar-refractivity contribution in [2.24, 2.45) is 10.9 Å². The highest BCUT2D eigenvalue weighted by molar-refractivity contribution is 5.48. The molecule has 0 aromatic rings. The van der Waals surface area contributed by atoms with E-state index in [4.69, 9.17) is 4.74 Å². The van der Waals surface area contributed by atoms with E-state index in [2.05, 4.69) is 23.7 Å². The van der Waals surface area contributed by atoms with Crippen molar-refractivity contribution in [1.29, 1.82) is 0 Å². The second-order valence-electron chi connectivity index (χ2n) is 3.96. The van der Waals surface area contributed by atoms with Crippen LogP contribution in [0.15, 0.2) is 4.99 Å². The van der Waals surface area contributed by atoms with Gasteiger partial charge in [-0.3, -0.25) is 9.89 Å². The molecule has 2 heterocycles. The summed E-state index contributed by atoms with van der Waals surface area (Å²) in [6.07, 6.45) is 1.62. The lowest BCUT2D eigenvalue weighted by atomic mass is 10.1. The van der Waals surface area contributed by atoms with E-state index in [0.29, 0.717) is 18.0 Å². The van der Waals surface area contributed by atoms with Crippen LogP contribution >= 0.6 is 0 Å². The van der Waals surface area contributed by atoms with E-state index >= 15 is 0 Å². The Labute approximate surface area is 73.4 Å². The SMILES string of the molecule is CC(C)N1CC2COC=NC2C1. The Morgan fingerprint density at radius 2 is 2.33 bits per heavy atom. The predicted octanol–water partition coefficient (Wildman–Crippen LogP) is 0.754. The molecule has 0 radical (unpaired) electrons. The van der Waals surface area contributed by atoms with Crippen molar-refractivity contribution >= 4 is 6.40 Å². The van der Waals surface area contributed by atoms with Crippen molar-refractivity contribution in [3.05, 3.63) is 0 Å². The predicted molar refractivity (Wildman–Crippen MR) is 48.4 cm³/mol. The maximum atomic E-state index is 5.19. The minimum Gasteiger partial charge on any atom is -0.483 e. The fraction of sp³-hybridized carbons (Fsp3) is 0.889. The van der Waals surface area contributed by atoms with Crippen LogP contribution in [0.3, 0.4) is 0 Å². The Kier molecular flexibility index (Phi) is 2.05. The largest absolute Gasteiger partial charge is 0.483 e. The number of likely N-dealkylation sites (tertiary alicyclic amines) is 1. The second-order valence-corrected chi connectivity index (χ2v) is 3.96. The van der Waals surface area contributed by atoms with Crippen molar-refractivity contribution in [2.75, 3.05) is 19.7 Å². The standard InChI is InChI=1S/C9H16N2O/c1-7(2)11-3-8-5-12-6-10-9(8)4-11/h6-9H,3-5H2,1-2H3. The van der Waals surface area contributed by atoms with Gasteiger partial charge in [0.2, 0.25) is 0 Å². The van der Waals surface area contributed by atoms with Gasteiger partial charge in [0.25, 0.3) is 0 Å². The Balaban J connectivity index is 2.00. The fourth-order valence-corrected chi connectivity index (χ4v) is 1.93. The molecular weight excluding hydrogens is 152 g/mol. The first-order valence-electron chi connectivity index (χ1n) is 4.64. The van der Waals surface area contributed by atoms with Crippen molar-refractivity contribution in [1.82, 2.24) is 4.90 Å². The third kappa shape index (κ3) is 1.33. The molecule has 0 aliphatic carbocycles. The van der Waals surface area contributed by atoms with E-state index in [1.54, 1.807) is 6.40 Å². The van der Waals surface area contributed by atoms with Gasteiger partial charge in [-0.25, -0.2) is 0 Å². The molecule has 0 spiro atoms. The molecule has 0 bridgehead atoms. The summed E-state index contributed by atoms with van der Waals surface area (Å²) in [6, 6.07) is 1.15. The average Bonchev–Trinajstić information content (AvgIpc) is 2.46. The number of hydrogen-bond acceptors (Lipinski definition) is 3. The van der Waals surface area contributed by atoms with Crippen molar-refractivity contribution in [3.8, 4) is 0 Å². The van der Waals surface area contributed by atoms with Crippen LogP contribution in [0.2, 0.25) is 0 Å². The highest BCUT2D eigenvalue weighted by atomic mass is 16.5. The summed E-state index contributed by atoms with van der Waals surface area (Å²) in [6.45, 7) is 7.60. The minimum absolute atomic E-state index is 0.501. The Bertz CT molecular complexity index is 191. The average molecular weight is 168 g/mol. The quantitative estimate of drug-likeness (QED) is 0.577. The molecule has 0 N–H and O–H groups in total. The van der Waals surface area contributed by atoms with E-state index in [1.807, 2.05) is 0 Å². The van der Waals surface area contributed by atoms with E-state index in [0.717, 1.165) is 19.7 Å². The van der Waals surface area contributed by atoms with E-state index in [-0.39, 0.29) is 0 Å². The van der Waals surface area contributed by atoms with Crippen LogP contribution in [-0.4, -0.2) is 43.1 Å². The van der Waals surface area contributed by atoms with E-state index < -0.39 is 0 Å². The van der Waals surface area contributed by atoms with Gasteiger partial charge in [-0.15, -0.1) is 0 Å². The molecule has 2 rings (SSSR count). The summed E-state index contributed by atoms with van der Waals surface area (Å²) in [7, 11) is 0. The highest BCUT2D eigenvalue weighted by Gasteiger charge is 2.35. The van der Waals surface area contributed by atoms with Crippen LogP contribution in [-0.2, 0) is 4.74 Å². The number of hydrogen-bond donors (Lipinski definition) is 0. The zero-order valence-corrected chi connectivity index (χ0v) is 7.73. The maximum absolute atomic E-state index is 5.19. The molecular formula is C9H16N2O. The Hall–Kier alpha value is -0.570. The smallest absolute Gasteiger partial charge is 0.169 e. The van der Waals surface area contributed by atoms with E-state index in [9.17, 15) is 0 Å². The number of ether oxygens (including phenoxy) is 1.